The lowest BCUT2D eigenvalue weighted by Crippen LogP contribution is -2.46. The highest BCUT2D eigenvalue weighted by Gasteiger charge is 2.33. The fourth-order valence-electron chi connectivity index (χ4n) is 3.85. The quantitative estimate of drug-likeness (QED) is 0.720. The van der Waals surface area contributed by atoms with E-state index < -0.39 is 9.84 Å². The zero-order chi connectivity index (χ0) is 22.4. The molecule has 0 aromatic heterocycles. The molecule has 1 fully saturated rings. The maximum absolute atomic E-state index is 12.9. The third-order valence-electron chi connectivity index (χ3n) is 5.35. The van der Waals surface area contributed by atoms with Crippen LogP contribution < -0.4 is 5.32 Å². The average molecular weight is 458 g/mol. The van der Waals surface area contributed by atoms with Gasteiger partial charge >= 0.3 is 6.03 Å². The van der Waals surface area contributed by atoms with E-state index in [-0.39, 0.29) is 24.5 Å². The van der Waals surface area contributed by atoms with Crippen LogP contribution in [0.25, 0.3) is 0 Å². The summed E-state index contributed by atoms with van der Waals surface area (Å²) in [5.41, 5.74) is 2.48. The van der Waals surface area contributed by atoms with E-state index in [0.29, 0.717) is 17.1 Å². The molecule has 0 saturated carbocycles. The normalized spacial score (nSPS) is 19.2. The van der Waals surface area contributed by atoms with E-state index in [4.69, 9.17) is 11.6 Å². The summed E-state index contributed by atoms with van der Waals surface area (Å²) in [7, 11) is -3.24. The number of carbonyl (C=O) groups is 1. The summed E-state index contributed by atoms with van der Waals surface area (Å²) >= 11 is 6.27. The van der Waals surface area contributed by atoms with Crippen molar-refractivity contribution in [2.75, 3.05) is 19.3 Å². The van der Waals surface area contributed by atoms with Crippen molar-refractivity contribution in [1.29, 1.82) is 5.26 Å². The number of nitrogens with zero attached hydrogens (tertiary/aromatic N) is 2. The Morgan fingerprint density at radius 3 is 2.65 bits per heavy atom. The second-order valence-electron chi connectivity index (χ2n) is 7.58. The van der Waals surface area contributed by atoms with Crippen LogP contribution in [0.2, 0.25) is 5.02 Å². The van der Waals surface area contributed by atoms with Gasteiger partial charge in [-0.15, -0.1) is 0 Å². The third-order valence-corrected chi connectivity index (χ3v) is 6.35. The molecule has 2 atom stereocenters. The molecule has 0 aliphatic carbocycles. The van der Waals surface area contributed by atoms with Crippen LogP contribution in [0, 0.1) is 11.3 Å². The maximum atomic E-state index is 12.9. The number of benzene rings is 2. The fraction of sp³-hybridized carbons (Fsp3) is 0.304. The van der Waals surface area contributed by atoms with Gasteiger partial charge in [0.2, 0.25) is 0 Å². The Labute approximate surface area is 188 Å². The lowest BCUT2D eigenvalue weighted by atomic mass is 9.83. The number of nitrogens with one attached hydrogen (secondary N) is 1. The van der Waals surface area contributed by atoms with Crippen molar-refractivity contribution in [2.24, 2.45) is 0 Å². The minimum atomic E-state index is -3.24. The zero-order valence-corrected chi connectivity index (χ0v) is 18.7. The molecule has 6 nitrogen and oxygen atoms in total. The molecule has 8 heteroatoms. The summed E-state index contributed by atoms with van der Waals surface area (Å²) in [5.74, 6) is 0.287. The summed E-state index contributed by atoms with van der Waals surface area (Å²) in [6, 6.07) is 17.0. The molecule has 0 radical (unpaired) electrons. The predicted octanol–water partition coefficient (Wildman–Crippen LogP) is 4.40. The molecule has 2 aromatic carbocycles. The van der Waals surface area contributed by atoms with E-state index in [9.17, 15) is 18.5 Å². The molecule has 3 rings (SSSR count). The van der Waals surface area contributed by atoms with Gasteiger partial charge in [0.25, 0.3) is 0 Å². The molecule has 0 bridgehead atoms. The molecule has 162 valence electrons. The lowest BCUT2D eigenvalue weighted by Gasteiger charge is -2.40. The number of hydrogen-bond donors (Lipinski definition) is 1. The van der Waals surface area contributed by atoms with Crippen LogP contribution in [0.4, 0.5) is 4.79 Å². The Bertz CT molecular complexity index is 1110. The van der Waals surface area contributed by atoms with E-state index in [2.05, 4.69) is 23.5 Å². The number of rotatable bonds is 5. The number of urea groups is 1. The molecule has 1 aliphatic heterocycles. The van der Waals surface area contributed by atoms with E-state index in [1.807, 2.05) is 24.3 Å². The topological polar surface area (TPSA) is 90.3 Å². The lowest BCUT2D eigenvalue weighted by molar-refractivity contribution is 0.144. The van der Waals surface area contributed by atoms with Gasteiger partial charge in [-0.25, -0.2) is 13.2 Å². The summed E-state index contributed by atoms with van der Waals surface area (Å²) in [6.45, 7) is 0.662. The fourth-order valence-corrected chi connectivity index (χ4v) is 4.53. The second kappa shape index (κ2) is 9.99. The molecule has 1 saturated heterocycles. The maximum Gasteiger partial charge on any atom is 0.318 e. The first-order chi connectivity index (χ1) is 14.8. The van der Waals surface area contributed by atoms with Crippen LogP contribution in [0.5, 0.6) is 0 Å². The SMILES string of the molecule is CS(=O)(=O)/C=C/CNC(=O)N1CC[C@@H](c2ccccc2)C[C@H]1c1ccc(C#N)c(Cl)c1. The number of halogens is 1. The highest BCUT2D eigenvalue weighted by molar-refractivity contribution is 7.93. The third kappa shape index (κ3) is 6.09. The number of piperidine rings is 1. The second-order valence-corrected chi connectivity index (χ2v) is 9.92. The molecular formula is C23H24ClN3O3S. The van der Waals surface area contributed by atoms with Crippen LogP contribution in [-0.2, 0) is 9.84 Å². The number of nitriles is 1. The number of sulfone groups is 1. The molecular weight excluding hydrogens is 434 g/mol. The van der Waals surface area contributed by atoms with Crippen molar-refractivity contribution in [2.45, 2.75) is 24.8 Å². The molecule has 1 heterocycles. The number of carbonyl (C=O) groups excluding carboxylic acids is 1. The van der Waals surface area contributed by atoms with Gasteiger partial charge in [-0.2, -0.15) is 5.26 Å². The number of amides is 2. The van der Waals surface area contributed by atoms with Gasteiger partial charge < -0.3 is 10.2 Å². The van der Waals surface area contributed by atoms with Crippen LogP contribution >= 0.6 is 11.6 Å². The van der Waals surface area contributed by atoms with Gasteiger partial charge in [0, 0.05) is 24.8 Å². The predicted molar refractivity (Wildman–Crippen MR) is 121 cm³/mol. The standard InChI is InChI=1S/C23H24ClN3O3S/c1-31(29,30)13-5-11-26-23(28)27-12-10-18(17-6-3-2-4-7-17)15-22(27)19-8-9-20(16-25)21(24)14-19/h2-9,13-14,18,22H,10-12,15H2,1H3,(H,26,28)/b13-5+/t18-,22+/m1/s1. The Balaban J connectivity index is 1.83. The highest BCUT2D eigenvalue weighted by Crippen LogP contribution is 2.40. The molecule has 2 amide bonds. The van der Waals surface area contributed by atoms with Crippen molar-refractivity contribution in [3.8, 4) is 6.07 Å². The van der Waals surface area contributed by atoms with Crippen LogP contribution in [0.1, 0.15) is 41.5 Å². The van der Waals surface area contributed by atoms with Crippen molar-refractivity contribution >= 4 is 27.5 Å². The largest absolute Gasteiger partial charge is 0.334 e. The summed E-state index contributed by atoms with van der Waals surface area (Å²) in [4.78, 5) is 14.7. The van der Waals surface area contributed by atoms with E-state index in [0.717, 1.165) is 30.1 Å². The van der Waals surface area contributed by atoms with E-state index >= 15 is 0 Å². The Morgan fingerprint density at radius 1 is 1.26 bits per heavy atom. The van der Waals surface area contributed by atoms with Gasteiger partial charge in [-0.05, 0) is 42.0 Å². The summed E-state index contributed by atoms with van der Waals surface area (Å²) in [6.07, 6.45) is 4.05. The van der Waals surface area contributed by atoms with Crippen LogP contribution in [-0.4, -0.2) is 38.7 Å². The van der Waals surface area contributed by atoms with Crippen LogP contribution in [0.3, 0.4) is 0 Å². The van der Waals surface area contributed by atoms with Gasteiger partial charge in [-0.1, -0.05) is 54.1 Å². The Kier molecular flexibility index (Phi) is 7.37. The van der Waals surface area contributed by atoms with Gasteiger partial charge in [-0.3, -0.25) is 0 Å². The van der Waals surface area contributed by atoms with E-state index in [1.54, 1.807) is 17.0 Å². The summed E-state index contributed by atoms with van der Waals surface area (Å²) in [5, 5.41) is 13.4. The van der Waals surface area contributed by atoms with Gasteiger partial charge in [0.1, 0.15) is 6.07 Å². The first-order valence-corrected chi connectivity index (χ1v) is 12.3. The zero-order valence-electron chi connectivity index (χ0n) is 17.2. The minimum absolute atomic E-state index is 0.116. The first-order valence-electron chi connectivity index (χ1n) is 9.94. The first kappa shape index (κ1) is 22.9. The number of hydrogen-bond acceptors (Lipinski definition) is 4. The van der Waals surface area contributed by atoms with Crippen molar-refractivity contribution in [3.05, 3.63) is 81.7 Å². The van der Waals surface area contributed by atoms with Crippen molar-refractivity contribution in [3.63, 3.8) is 0 Å². The molecule has 1 N–H and O–H groups in total. The summed E-state index contributed by atoms with van der Waals surface area (Å²) < 4.78 is 22.4. The molecule has 1 aliphatic rings. The number of likely N-dealkylation sites (tertiary alicyclic amines) is 1. The van der Waals surface area contributed by atoms with E-state index in [1.165, 1.54) is 11.6 Å². The van der Waals surface area contributed by atoms with Crippen LogP contribution in [0.15, 0.2) is 60.0 Å². The Hall–Kier alpha value is -2.82. The van der Waals surface area contributed by atoms with Crippen molar-refractivity contribution in [1.82, 2.24) is 10.2 Å². The van der Waals surface area contributed by atoms with Crippen molar-refractivity contribution < 1.29 is 13.2 Å². The van der Waals surface area contributed by atoms with Gasteiger partial charge in [0.15, 0.2) is 9.84 Å². The smallest absolute Gasteiger partial charge is 0.318 e. The van der Waals surface area contributed by atoms with Gasteiger partial charge in [0.05, 0.1) is 16.6 Å². The Morgan fingerprint density at radius 2 is 2.00 bits per heavy atom. The molecule has 0 unspecified atom stereocenters. The highest BCUT2D eigenvalue weighted by atomic mass is 35.5. The molecule has 0 spiro atoms. The average Bonchev–Trinajstić information content (AvgIpc) is 2.76. The molecule has 31 heavy (non-hydrogen) atoms. The molecule has 2 aromatic rings. The minimum Gasteiger partial charge on any atom is -0.334 e. The monoisotopic (exact) mass is 457 g/mol.